The van der Waals surface area contributed by atoms with Crippen molar-refractivity contribution in [2.45, 2.75) is 26.4 Å². The Hall–Kier alpha value is -2.91. The molecule has 1 heterocycles. The zero-order chi connectivity index (χ0) is 20.2. The van der Waals surface area contributed by atoms with E-state index in [0.29, 0.717) is 6.42 Å². The Morgan fingerprint density at radius 2 is 1.85 bits per heavy atom. The van der Waals surface area contributed by atoms with Crippen molar-refractivity contribution in [1.82, 2.24) is 15.5 Å². The predicted octanol–water partition coefficient (Wildman–Crippen LogP) is 3.23. The maximum atomic E-state index is 12.5. The van der Waals surface area contributed by atoms with E-state index in [1.54, 1.807) is 0 Å². The first-order chi connectivity index (χ1) is 12.6. The zero-order valence-electron chi connectivity index (χ0n) is 14.6. The van der Waals surface area contributed by atoms with E-state index >= 15 is 0 Å². The molecule has 2 rings (SSSR count). The number of carboxylic acids is 1. The SMILES string of the molecule is CC(C)CC(CNC(=O)c1ccc(-c2noc(C(F)(F)F)n2)cc1)C(=O)O. The fourth-order valence-corrected chi connectivity index (χ4v) is 2.39. The van der Waals surface area contributed by atoms with Crippen molar-refractivity contribution in [3.8, 4) is 11.4 Å². The number of nitrogens with one attached hydrogen (secondary N) is 1. The lowest BCUT2D eigenvalue weighted by Crippen LogP contribution is -2.33. The molecule has 7 nitrogen and oxygen atoms in total. The highest BCUT2D eigenvalue weighted by atomic mass is 19.4. The molecule has 27 heavy (non-hydrogen) atoms. The van der Waals surface area contributed by atoms with Crippen molar-refractivity contribution in [2.24, 2.45) is 11.8 Å². The van der Waals surface area contributed by atoms with Crippen molar-refractivity contribution in [3.63, 3.8) is 0 Å². The maximum absolute atomic E-state index is 12.5. The van der Waals surface area contributed by atoms with Gasteiger partial charge in [-0.1, -0.05) is 31.1 Å². The van der Waals surface area contributed by atoms with Crippen molar-refractivity contribution in [3.05, 3.63) is 35.7 Å². The summed E-state index contributed by atoms with van der Waals surface area (Å²) in [5, 5.41) is 15.0. The van der Waals surface area contributed by atoms with Crippen LogP contribution in [0.3, 0.4) is 0 Å². The number of carbonyl (C=O) groups excluding carboxylic acids is 1. The van der Waals surface area contributed by atoms with Gasteiger partial charge < -0.3 is 14.9 Å². The van der Waals surface area contributed by atoms with E-state index in [0.717, 1.165) is 0 Å². The number of aromatic nitrogens is 2. The van der Waals surface area contributed by atoms with E-state index in [9.17, 15) is 27.9 Å². The lowest BCUT2D eigenvalue weighted by atomic mass is 9.97. The van der Waals surface area contributed by atoms with Crippen LogP contribution < -0.4 is 5.32 Å². The van der Waals surface area contributed by atoms with Crippen LogP contribution in [0, 0.1) is 11.8 Å². The average Bonchev–Trinajstić information content (AvgIpc) is 3.08. The number of aliphatic carboxylic acids is 1. The number of benzene rings is 1. The van der Waals surface area contributed by atoms with Crippen LogP contribution in [0.5, 0.6) is 0 Å². The number of hydrogen-bond acceptors (Lipinski definition) is 5. The summed E-state index contributed by atoms with van der Waals surface area (Å²) in [6.07, 6.45) is -4.31. The number of carboxylic acid groups (broad SMARTS) is 1. The minimum atomic E-state index is -4.73. The van der Waals surface area contributed by atoms with Crippen LogP contribution in [-0.2, 0) is 11.0 Å². The molecule has 0 radical (unpaired) electrons. The Morgan fingerprint density at radius 3 is 2.33 bits per heavy atom. The third-order valence-corrected chi connectivity index (χ3v) is 3.69. The minimum absolute atomic E-state index is 0.0200. The fraction of sp³-hybridized carbons (Fsp3) is 0.412. The number of nitrogens with zero attached hydrogens (tertiary/aromatic N) is 2. The first-order valence-corrected chi connectivity index (χ1v) is 8.10. The van der Waals surface area contributed by atoms with Crippen LogP contribution in [0.4, 0.5) is 13.2 Å². The number of amides is 1. The molecular formula is C17H18F3N3O4. The van der Waals surface area contributed by atoms with E-state index in [1.807, 2.05) is 13.8 Å². The van der Waals surface area contributed by atoms with Gasteiger partial charge in [0, 0.05) is 17.7 Å². The number of alkyl halides is 3. The minimum Gasteiger partial charge on any atom is -0.481 e. The van der Waals surface area contributed by atoms with Gasteiger partial charge in [0.25, 0.3) is 5.91 Å². The number of carbonyl (C=O) groups is 2. The molecule has 2 N–H and O–H groups in total. The monoisotopic (exact) mass is 385 g/mol. The molecule has 1 aromatic heterocycles. The van der Waals surface area contributed by atoms with Crippen LogP contribution in [-0.4, -0.2) is 33.7 Å². The topological polar surface area (TPSA) is 105 Å². The average molecular weight is 385 g/mol. The van der Waals surface area contributed by atoms with Gasteiger partial charge in [-0.15, -0.1) is 0 Å². The predicted molar refractivity (Wildman–Crippen MR) is 87.7 cm³/mol. The standard InChI is InChI=1S/C17H18F3N3O4/c1-9(2)7-12(15(25)26)8-21-14(24)11-5-3-10(4-6-11)13-22-16(27-23-13)17(18,19)20/h3-6,9,12H,7-8H2,1-2H3,(H,21,24)(H,25,26). The lowest BCUT2D eigenvalue weighted by molar-refractivity contribution is -0.159. The first-order valence-electron chi connectivity index (χ1n) is 8.10. The van der Waals surface area contributed by atoms with Gasteiger partial charge in [-0.2, -0.15) is 18.2 Å². The number of halogens is 3. The lowest BCUT2D eigenvalue weighted by Gasteiger charge is -2.15. The van der Waals surface area contributed by atoms with Gasteiger partial charge in [-0.05, 0) is 24.5 Å². The highest BCUT2D eigenvalue weighted by Crippen LogP contribution is 2.29. The van der Waals surface area contributed by atoms with Gasteiger partial charge in [0.2, 0.25) is 5.82 Å². The summed E-state index contributed by atoms with van der Waals surface area (Å²) in [4.78, 5) is 26.6. The van der Waals surface area contributed by atoms with Crippen molar-refractivity contribution in [1.29, 1.82) is 0 Å². The fourth-order valence-electron chi connectivity index (χ4n) is 2.39. The molecule has 0 spiro atoms. The number of hydrogen-bond donors (Lipinski definition) is 2. The second-order valence-electron chi connectivity index (χ2n) is 6.37. The van der Waals surface area contributed by atoms with E-state index in [-0.39, 0.29) is 29.4 Å². The summed E-state index contributed by atoms with van der Waals surface area (Å²) >= 11 is 0. The molecule has 1 aromatic carbocycles. The van der Waals surface area contributed by atoms with Crippen LogP contribution >= 0.6 is 0 Å². The summed E-state index contributed by atoms with van der Waals surface area (Å²) in [6.45, 7) is 3.76. The van der Waals surface area contributed by atoms with E-state index in [4.69, 9.17) is 0 Å². The van der Waals surface area contributed by atoms with Crippen LogP contribution in [0.1, 0.15) is 36.5 Å². The highest BCUT2D eigenvalue weighted by Gasteiger charge is 2.38. The Labute approximate surface area is 152 Å². The molecular weight excluding hydrogens is 367 g/mol. The highest BCUT2D eigenvalue weighted by molar-refractivity contribution is 5.94. The van der Waals surface area contributed by atoms with E-state index < -0.39 is 29.9 Å². The zero-order valence-corrected chi connectivity index (χ0v) is 14.6. The molecule has 10 heteroatoms. The normalized spacial score (nSPS) is 12.8. The van der Waals surface area contributed by atoms with Gasteiger partial charge in [0.1, 0.15) is 0 Å². The smallest absolute Gasteiger partial charge is 0.471 e. The molecule has 0 bridgehead atoms. The molecule has 0 aliphatic heterocycles. The third kappa shape index (κ3) is 5.53. The van der Waals surface area contributed by atoms with Gasteiger partial charge in [-0.25, -0.2) is 0 Å². The molecule has 0 aliphatic rings. The summed E-state index contributed by atoms with van der Waals surface area (Å²) in [6, 6.07) is 5.52. The molecule has 1 amide bonds. The molecule has 1 atom stereocenters. The molecule has 0 saturated heterocycles. The largest absolute Gasteiger partial charge is 0.481 e. The Morgan fingerprint density at radius 1 is 1.22 bits per heavy atom. The summed E-state index contributed by atoms with van der Waals surface area (Å²) < 4.78 is 41.6. The Bertz CT molecular complexity index is 801. The van der Waals surface area contributed by atoms with Crippen LogP contribution in [0.25, 0.3) is 11.4 Å². The van der Waals surface area contributed by atoms with E-state index in [2.05, 4.69) is 20.0 Å². The van der Waals surface area contributed by atoms with Gasteiger partial charge in [0.15, 0.2) is 0 Å². The molecule has 1 unspecified atom stereocenters. The van der Waals surface area contributed by atoms with Crippen molar-refractivity contribution in [2.75, 3.05) is 6.54 Å². The van der Waals surface area contributed by atoms with Gasteiger partial charge in [0.05, 0.1) is 5.92 Å². The Kier molecular flexibility index (Phi) is 6.19. The third-order valence-electron chi connectivity index (χ3n) is 3.69. The maximum Gasteiger partial charge on any atom is 0.471 e. The van der Waals surface area contributed by atoms with E-state index in [1.165, 1.54) is 24.3 Å². The summed E-state index contributed by atoms with van der Waals surface area (Å²) in [5.41, 5.74) is 0.473. The summed E-state index contributed by atoms with van der Waals surface area (Å²) in [5.74, 6) is -3.72. The van der Waals surface area contributed by atoms with Crippen molar-refractivity contribution < 1.29 is 32.4 Å². The second kappa shape index (κ2) is 8.19. The quantitative estimate of drug-likeness (QED) is 0.758. The molecule has 0 aliphatic carbocycles. The molecule has 146 valence electrons. The first kappa shape index (κ1) is 20.4. The Balaban J connectivity index is 2.03. The molecule has 0 saturated carbocycles. The van der Waals surface area contributed by atoms with Crippen LogP contribution in [0.2, 0.25) is 0 Å². The molecule has 2 aromatic rings. The second-order valence-corrected chi connectivity index (χ2v) is 6.37. The van der Waals surface area contributed by atoms with Crippen molar-refractivity contribution >= 4 is 11.9 Å². The summed E-state index contributed by atoms with van der Waals surface area (Å²) in [7, 11) is 0. The molecule has 0 fully saturated rings. The van der Waals surface area contributed by atoms with Gasteiger partial charge >= 0.3 is 18.0 Å². The number of rotatable bonds is 7. The van der Waals surface area contributed by atoms with Gasteiger partial charge in [-0.3, -0.25) is 9.59 Å². The van der Waals surface area contributed by atoms with Crippen LogP contribution in [0.15, 0.2) is 28.8 Å².